The summed E-state index contributed by atoms with van der Waals surface area (Å²) in [5.74, 6) is 0. The zero-order valence-electron chi connectivity index (χ0n) is 3.44. The van der Waals surface area contributed by atoms with E-state index in [0.29, 0.717) is 5.71 Å². The highest BCUT2D eigenvalue weighted by atomic mass is 15.2. The molecule has 7 heavy (non-hydrogen) atoms. The zero-order valence-corrected chi connectivity index (χ0v) is 3.44. The summed E-state index contributed by atoms with van der Waals surface area (Å²) >= 11 is 0. The largest absolute Gasteiger partial charge is 0.361 e. The van der Waals surface area contributed by atoms with Crippen LogP contribution in [0.1, 0.15) is 0 Å². The molecule has 0 atom stereocenters. The van der Waals surface area contributed by atoms with E-state index in [1.165, 1.54) is 12.4 Å². The number of rotatable bonds is 0. The lowest BCUT2D eigenvalue weighted by Gasteiger charge is -1.54. The number of hydrogen-bond acceptors (Lipinski definition) is 2. The predicted molar refractivity (Wildman–Crippen MR) is 25.6 cm³/mol. The van der Waals surface area contributed by atoms with Gasteiger partial charge in [-0.2, -0.15) is 15.0 Å². The molecular formula is C3H2N4. The molecule has 0 amide bonds. The Labute approximate surface area is 39.8 Å². The predicted octanol–water partition coefficient (Wildman–Crippen LogP) is -0.273. The molecule has 1 aliphatic rings. The molecular weight excluding hydrogens is 92.1 g/mol. The Kier molecular flexibility index (Phi) is 0.805. The van der Waals surface area contributed by atoms with Crippen LogP contribution in [0.2, 0.25) is 0 Å². The van der Waals surface area contributed by atoms with Crippen LogP contribution in [0.25, 0.3) is 5.53 Å². The summed E-state index contributed by atoms with van der Waals surface area (Å²) in [6.07, 6.45) is 2.72. The fourth-order valence-electron chi connectivity index (χ4n) is 0.270. The van der Waals surface area contributed by atoms with Gasteiger partial charge < -0.3 is 5.53 Å². The smallest absolute Gasteiger partial charge is 0.355 e. The Hall–Kier alpha value is -1.28. The SMILES string of the molecule is [N-]=[N+]=C1C=NN=C1. The van der Waals surface area contributed by atoms with Crippen LogP contribution in [-0.2, 0) is 0 Å². The van der Waals surface area contributed by atoms with Crippen molar-refractivity contribution in [1.82, 2.24) is 0 Å². The molecule has 1 heterocycles. The molecule has 0 bridgehead atoms. The van der Waals surface area contributed by atoms with Crippen LogP contribution in [0.3, 0.4) is 0 Å². The fraction of sp³-hybridized carbons (Fsp3) is 0. The average molecular weight is 94.1 g/mol. The first-order chi connectivity index (χ1) is 3.43. The molecule has 0 unspecified atom stereocenters. The fourth-order valence-corrected chi connectivity index (χ4v) is 0.270. The molecule has 34 valence electrons. The van der Waals surface area contributed by atoms with E-state index >= 15 is 0 Å². The Bertz CT molecular complexity index is 157. The molecule has 0 fully saturated rings. The Morgan fingerprint density at radius 1 is 1.43 bits per heavy atom. The van der Waals surface area contributed by atoms with Crippen molar-refractivity contribution in [3.8, 4) is 0 Å². The molecule has 1 rings (SSSR count). The lowest BCUT2D eigenvalue weighted by atomic mass is 10.5. The van der Waals surface area contributed by atoms with Crippen molar-refractivity contribution < 1.29 is 4.79 Å². The van der Waals surface area contributed by atoms with Crippen LogP contribution in [0.15, 0.2) is 10.2 Å². The van der Waals surface area contributed by atoms with Crippen molar-refractivity contribution in [1.29, 1.82) is 0 Å². The lowest BCUT2D eigenvalue weighted by molar-refractivity contribution is 0.00271. The van der Waals surface area contributed by atoms with Gasteiger partial charge in [-0.1, -0.05) is 0 Å². The Balaban J connectivity index is 3.00. The van der Waals surface area contributed by atoms with Gasteiger partial charge in [0.1, 0.15) is 12.4 Å². The summed E-state index contributed by atoms with van der Waals surface area (Å²) < 4.78 is 0. The van der Waals surface area contributed by atoms with Gasteiger partial charge in [0, 0.05) is 0 Å². The molecule has 0 saturated carbocycles. The maximum atomic E-state index is 7.97. The van der Waals surface area contributed by atoms with E-state index in [9.17, 15) is 0 Å². The highest BCUT2D eigenvalue weighted by Crippen LogP contribution is 1.75. The van der Waals surface area contributed by atoms with Gasteiger partial charge in [-0.3, -0.25) is 0 Å². The van der Waals surface area contributed by atoms with E-state index in [2.05, 4.69) is 15.0 Å². The molecule has 0 aliphatic carbocycles. The normalized spacial score (nSPS) is 15.1. The van der Waals surface area contributed by atoms with Gasteiger partial charge in [-0.15, -0.1) is 0 Å². The highest BCUT2D eigenvalue weighted by Gasteiger charge is 2.01. The van der Waals surface area contributed by atoms with E-state index in [1.807, 2.05) is 0 Å². The first-order valence-electron chi connectivity index (χ1n) is 1.72. The third kappa shape index (κ3) is 0.586. The number of nitrogens with zero attached hydrogens (tertiary/aromatic N) is 4. The van der Waals surface area contributed by atoms with Crippen LogP contribution < -0.4 is 0 Å². The van der Waals surface area contributed by atoms with E-state index in [-0.39, 0.29) is 0 Å². The lowest BCUT2D eigenvalue weighted by Crippen LogP contribution is -1.95. The second-order valence-electron chi connectivity index (χ2n) is 1.01. The van der Waals surface area contributed by atoms with Crippen molar-refractivity contribution in [2.75, 3.05) is 0 Å². The summed E-state index contributed by atoms with van der Waals surface area (Å²) in [5, 5.41) is 6.78. The van der Waals surface area contributed by atoms with Crippen molar-refractivity contribution in [3.63, 3.8) is 0 Å². The van der Waals surface area contributed by atoms with Gasteiger partial charge >= 0.3 is 5.71 Å². The summed E-state index contributed by atoms with van der Waals surface area (Å²) in [6.45, 7) is 0. The maximum absolute atomic E-state index is 7.97. The Morgan fingerprint density at radius 2 is 2.00 bits per heavy atom. The van der Waals surface area contributed by atoms with Gasteiger partial charge in [0.15, 0.2) is 0 Å². The van der Waals surface area contributed by atoms with Crippen molar-refractivity contribution in [2.45, 2.75) is 0 Å². The quantitative estimate of drug-likeness (QED) is 0.293. The minimum atomic E-state index is 0.389. The van der Waals surface area contributed by atoms with Gasteiger partial charge in [-0.05, 0) is 0 Å². The van der Waals surface area contributed by atoms with E-state index < -0.39 is 0 Å². The molecule has 4 heteroatoms. The monoisotopic (exact) mass is 94.0 g/mol. The molecule has 0 radical (unpaired) electrons. The second kappa shape index (κ2) is 1.45. The van der Waals surface area contributed by atoms with Crippen LogP contribution in [-0.4, -0.2) is 22.9 Å². The molecule has 4 nitrogen and oxygen atoms in total. The topological polar surface area (TPSA) is 61.1 Å². The van der Waals surface area contributed by atoms with Crippen LogP contribution >= 0.6 is 0 Å². The molecule has 0 aromatic carbocycles. The first-order valence-corrected chi connectivity index (χ1v) is 1.72. The standard InChI is InChI=1S/C3H2N4/c4-7-3-1-5-6-2-3/h1-2H. The summed E-state index contributed by atoms with van der Waals surface area (Å²) in [4.78, 5) is 2.81. The zero-order chi connectivity index (χ0) is 5.11. The first kappa shape index (κ1) is 3.89. The highest BCUT2D eigenvalue weighted by molar-refractivity contribution is 6.54. The molecule has 1 aliphatic heterocycles. The third-order valence-electron chi connectivity index (χ3n) is 0.562. The van der Waals surface area contributed by atoms with Crippen molar-refractivity contribution in [3.05, 3.63) is 5.53 Å². The molecule has 0 N–H and O–H groups in total. The van der Waals surface area contributed by atoms with Crippen LogP contribution in [0.5, 0.6) is 0 Å². The summed E-state index contributed by atoms with van der Waals surface area (Å²) in [7, 11) is 0. The van der Waals surface area contributed by atoms with Gasteiger partial charge in [-0.25, -0.2) is 0 Å². The molecule has 0 aromatic heterocycles. The van der Waals surface area contributed by atoms with Crippen molar-refractivity contribution in [2.24, 2.45) is 10.2 Å². The van der Waals surface area contributed by atoms with Gasteiger partial charge in [0.05, 0.1) is 0 Å². The second-order valence-corrected chi connectivity index (χ2v) is 1.01. The molecule has 0 aromatic rings. The average Bonchev–Trinajstić information content (AvgIpc) is 2.14. The minimum absolute atomic E-state index is 0.389. The van der Waals surface area contributed by atoms with Crippen LogP contribution in [0, 0.1) is 0 Å². The van der Waals surface area contributed by atoms with Crippen LogP contribution in [0.4, 0.5) is 0 Å². The van der Waals surface area contributed by atoms with Gasteiger partial charge in [0.25, 0.3) is 0 Å². The van der Waals surface area contributed by atoms with Crippen molar-refractivity contribution >= 4 is 18.1 Å². The Morgan fingerprint density at radius 3 is 2.29 bits per heavy atom. The van der Waals surface area contributed by atoms with Gasteiger partial charge in [0.2, 0.25) is 0 Å². The van der Waals surface area contributed by atoms with E-state index in [1.54, 1.807) is 0 Å². The summed E-state index contributed by atoms with van der Waals surface area (Å²) in [6, 6.07) is 0. The summed E-state index contributed by atoms with van der Waals surface area (Å²) in [5.41, 5.74) is 8.36. The molecule has 0 saturated heterocycles. The van der Waals surface area contributed by atoms with E-state index in [4.69, 9.17) is 5.53 Å². The van der Waals surface area contributed by atoms with E-state index in [0.717, 1.165) is 0 Å². The molecule has 0 spiro atoms. The maximum Gasteiger partial charge on any atom is 0.355 e. The third-order valence-corrected chi connectivity index (χ3v) is 0.562. The minimum Gasteiger partial charge on any atom is -0.361 e. The number of hydrogen-bond donors (Lipinski definition) is 0.